The molecule has 0 saturated carbocycles. The van der Waals surface area contributed by atoms with Crippen LogP contribution in [0.2, 0.25) is 0 Å². The molecule has 0 aliphatic heterocycles. The zero-order chi connectivity index (χ0) is 18.2. The molecule has 7 heteroatoms. The zero-order valence-corrected chi connectivity index (χ0v) is 14.3. The van der Waals surface area contributed by atoms with Crippen molar-refractivity contribution in [3.8, 4) is 5.75 Å². The Bertz CT molecular complexity index is 712. The third-order valence-corrected chi connectivity index (χ3v) is 3.43. The third-order valence-electron chi connectivity index (χ3n) is 3.43. The number of hydrogen-bond donors (Lipinski definition) is 1. The number of carbonyl (C=O) groups excluding carboxylic acids is 1. The fourth-order valence-electron chi connectivity index (χ4n) is 2.19. The Balaban J connectivity index is 1.75. The summed E-state index contributed by atoms with van der Waals surface area (Å²) in [6.07, 6.45) is 0. The summed E-state index contributed by atoms with van der Waals surface area (Å²) in [6.45, 7) is 1.15. The highest BCUT2D eigenvalue weighted by atomic mass is 16.6. The first-order valence-corrected chi connectivity index (χ1v) is 7.80. The first kappa shape index (κ1) is 18.4. The molecule has 0 heterocycles. The van der Waals surface area contributed by atoms with Crippen LogP contribution >= 0.6 is 0 Å². The van der Waals surface area contributed by atoms with Crippen LogP contribution in [0.3, 0.4) is 0 Å². The van der Waals surface area contributed by atoms with Gasteiger partial charge in [-0.05, 0) is 37.4 Å². The van der Waals surface area contributed by atoms with E-state index in [1.54, 1.807) is 0 Å². The number of nitrogens with one attached hydrogen (secondary N) is 1. The largest absolute Gasteiger partial charge is 0.484 e. The van der Waals surface area contributed by atoms with E-state index in [1.807, 2.05) is 38.4 Å². The minimum Gasteiger partial charge on any atom is -0.484 e. The van der Waals surface area contributed by atoms with E-state index in [2.05, 4.69) is 10.2 Å². The third kappa shape index (κ3) is 6.23. The summed E-state index contributed by atoms with van der Waals surface area (Å²) in [7, 11) is 4.03. The van der Waals surface area contributed by atoms with Gasteiger partial charge in [-0.3, -0.25) is 14.9 Å². The van der Waals surface area contributed by atoms with Crippen molar-refractivity contribution >= 4 is 11.6 Å². The fraction of sp³-hybridized carbons (Fsp3) is 0.278. The molecule has 0 bridgehead atoms. The van der Waals surface area contributed by atoms with Gasteiger partial charge in [-0.2, -0.15) is 0 Å². The average molecular weight is 343 g/mol. The smallest absolute Gasteiger partial charge is 0.269 e. The van der Waals surface area contributed by atoms with E-state index in [4.69, 9.17) is 4.74 Å². The van der Waals surface area contributed by atoms with Crippen molar-refractivity contribution in [2.24, 2.45) is 0 Å². The fourth-order valence-corrected chi connectivity index (χ4v) is 2.19. The molecule has 0 unspecified atom stereocenters. The number of hydrogen-bond acceptors (Lipinski definition) is 5. The van der Waals surface area contributed by atoms with E-state index < -0.39 is 4.92 Å². The number of benzene rings is 2. The van der Waals surface area contributed by atoms with Gasteiger partial charge in [0.2, 0.25) is 0 Å². The van der Waals surface area contributed by atoms with Gasteiger partial charge in [-0.1, -0.05) is 24.3 Å². The van der Waals surface area contributed by atoms with Gasteiger partial charge in [0.15, 0.2) is 6.61 Å². The van der Waals surface area contributed by atoms with Crippen molar-refractivity contribution < 1.29 is 14.5 Å². The molecule has 0 aliphatic rings. The van der Waals surface area contributed by atoms with E-state index in [9.17, 15) is 14.9 Å². The van der Waals surface area contributed by atoms with E-state index in [-0.39, 0.29) is 18.2 Å². The number of amides is 1. The Morgan fingerprint density at radius 2 is 1.68 bits per heavy atom. The number of rotatable bonds is 8. The zero-order valence-electron chi connectivity index (χ0n) is 14.3. The summed E-state index contributed by atoms with van der Waals surface area (Å²) in [5, 5.41) is 13.3. The molecular formula is C18H21N3O4. The number of nitro groups is 1. The Morgan fingerprint density at radius 3 is 2.24 bits per heavy atom. The first-order valence-electron chi connectivity index (χ1n) is 7.80. The molecule has 0 fully saturated rings. The Morgan fingerprint density at radius 1 is 1.08 bits per heavy atom. The molecule has 2 aromatic rings. The number of carbonyl (C=O) groups is 1. The lowest BCUT2D eigenvalue weighted by Crippen LogP contribution is -2.28. The van der Waals surface area contributed by atoms with Crippen LogP contribution in [-0.2, 0) is 17.9 Å². The molecule has 0 aliphatic carbocycles. The maximum absolute atomic E-state index is 11.8. The molecule has 0 spiro atoms. The second-order valence-electron chi connectivity index (χ2n) is 5.87. The van der Waals surface area contributed by atoms with Crippen molar-refractivity contribution in [3.63, 3.8) is 0 Å². The second-order valence-corrected chi connectivity index (χ2v) is 5.87. The summed E-state index contributed by atoms with van der Waals surface area (Å²) in [4.78, 5) is 24.0. The highest BCUT2D eigenvalue weighted by Gasteiger charge is 2.06. The summed E-state index contributed by atoms with van der Waals surface area (Å²) in [5.41, 5.74) is 2.20. The quantitative estimate of drug-likeness (QED) is 0.587. The molecular weight excluding hydrogens is 322 g/mol. The van der Waals surface area contributed by atoms with Crippen molar-refractivity contribution in [2.75, 3.05) is 20.7 Å². The van der Waals surface area contributed by atoms with E-state index in [0.717, 1.165) is 12.1 Å². The van der Waals surface area contributed by atoms with Gasteiger partial charge in [-0.15, -0.1) is 0 Å². The molecule has 1 amide bonds. The monoisotopic (exact) mass is 343 g/mol. The van der Waals surface area contributed by atoms with Crippen molar-refractivity contribution in [3.05, 3.63) is 69.8 Å². The molecule has 0 radical (unpaired) electrons. The van der Waals surface area contributed by atoms with Crippen molar-refractivity contribution in [2.45, 2.75) is 13.1 Å². The normalized spacial score (nSPS) is 10.5. The number of non-ortho nitro benzene ring substituents is 1. The molecule has 0 atom stereocenters. The highest BCUT2D eigenvalue weighted by Crippen LogP contribution is 2.17. The average Bonchev–Trinajstić information content (AvgIpc) is 2.59. The van der Waals surface area contributed by atoms with E-state index in [1.165, 1.54) is 29.8 Å². The van der Waals surface area contributed by atoms with Gasteiger partial charge >= 0.3 is 0 Å². The first-order chi connectivity index (χ1) is 11.9. The molecule has 0 saturated heterocycles. The standard InChI is InChI=1S/C18H21N3O4/c1-20(2)12-15-5-3-14(4-6-15)11-19-18(22)13-25-17-9-7-16(8-10-17)21(23)24/h3-10H,11-13H2,1-2H3,(H,19,22). The summed E-state index contributed by atoms with van der Waals surface area (Å²) in [5.74, 6) is 0.157. The Labute approximate surface area is 146 Å². The van der Waals surface area contributed by atoms with Crippen LogP contribution in [0.15, 0.2) is 48.5 Å². The molecule has 132 valence electrons. The predicted octanol–water partition coefficient (Wildman–Crippen LogP) is 2.35. The SMILES string of the molecule is CN(C)Cc1ccc(CNC(=O)COc2ccc([N+](=O)[O-])cc2)cc1. The number of nitro benzene ring substituents is 1. The predicted molar refractivity (Wildman–Crippen MR) is 94.3 cm³/mol. The van der Waals surface area contributed by atoms with E-state index >= 15 is 0 Å². The molecule has 7 nitrogen and oxygen atoms in total. The second kappa shape index (κ2) is 8.79. The maximum atomic E-state index is 11.8. The lowest BCUT2D eigenvalue weighted by Gasteiger charge is -2.11. The minimum atomic E-state index is -0.486. The van der Waals surface area contributed by atoms with Gasteiger partial charge in [0.1, 0.15) is 5.75 Å². The van der Waals surface area contributed by atoms with Crippen LogP contribution < -0.4 is 10.1 Å². The van der Waals surface area contributed by atoms with Crippen LogP contribution in [0.4, 0.5) is 5.69 Å². The van der Waals surface area contributed by atoms with Crippen molar-refractivity contribution in [1.82, 2.24) is 10.2 Å². The molecule has 1 N–H and O–H groups in total. The van der Waals surface area contributed by atoms with Crippen LogP contribution in [0, 0.1) is 10.1 Å². The molecule has 2 rings (SSSR count). The molecule has 25 heavy (non-hydrogen) atoms. The van der Waals surface area contributed by atoms with Crippen molar-refractivity contribution in [1.29, 1.82) is 0 Å². The highest BCUT2D eigenvalue weighted by molar-refractivity contribution is 5.77. The van der Waals surface area contributed by atoms with Gasteiger partial charge < -0.3 is 15.0 Å². The van der Waals surface area contributed by atoms with Gasteiger partial charge in [0.25, 0.3) is 11.6 Å². The topological polar surface area (TPSA) is 84.7 Å². The maximum Gasteiger partial charge on any atom is 0.269 e. The van der Waals surface area contributed by atoms with Crippen LogP contribution in [0.25, 0.3) is 0 Å². The van der Waals surface area contributed by atoms with Crippen LogP contribution in [0.5, 0.6) is 5.75 Å². The summed E-state index contributed by atoms with van der Waals surface area (Å²) in [6, 6.07) is 13.6. The van der Waals surface area contributed by atoms with Gasteiger partial charge in [0, 0.05) is 25.2 Å². The Kier molecular flexibility index (Phi) is 6.47. The van der Waals surface area contributed by atoms with Gasteiger partial charge in [0.05, 0.1) is 4.92 Å². The number of ether oxygens (including phenoxy) is 1. The molecule has 2 aromatic carbocycles. The summed E-state index contributed by atoms with van der Waals surface area (Å²) < 4.78 is 5.31. The van der Waals surface area contributed by atoms with Gasteiger partial charge in [-0.25, -0.2) is 0 Å². The minimum absolute atomic E-state index is 0.0190. The number of nitrogens with zero attached hydrogens (tertiary/aromatic N) is 2. The van der Waals surface area contributed by atoms with Crippen LogP contribution in [-0.4, -0.2) is 36.4 Å². The van der Waals surface area contributed by atoms with E-state index in [0.29, 0.717) is 12.3 Å². The lowest BCUT2D eigenvalue weighted by molar-refractivity contribution is -0.384. The lowest BCUT2D eigenvalue weighted by atomic mass is 10.1. The summed E-state index contributed by atoms with van der Waals surface area (Å²) >= 11 is 0. The van der Waals surface area contributed by atoms with Crippen LogP contribution in [0.1, 0.15) is 11.1 Å². The molecule has 0 aromatic heterocycles. The Hall–Kier alpha value is -2.93.